The molecule has 1 aromatic carbocycles. The van der Waals surface area contributed by atoms with E-state index in [9.17, 15) is 4.39 Å². The third-order valence-electron chi connectivity index (χ3n) is 3.27. The van der Waals surface area contributed by atoms with Gasteiger partial charge in [0.05, 0.1) is 28.7 Å². The Kier molecular flexibility index (Phi) is 2.96. The molecular formula is C14H10ClFN4. The molecule has 2 heterocycles. The first kappa shape index (κ1) is 12.7. The Labute approximate surface area is 119 Å². The second-order valence-electron chi connectivity index (χ2n) is 4.39. The number of hydrogen-bond donors (Lipinski definition) is 2. The Bertz CT molecular complexity index is 863. The van der Waals surface area contributed by atoms with Gasteiger partial charge in [0.15, 0.2) is 0 Å². The summed E-state index contributed by atoms with van der Waals surface area (Å²) in [6.45, 7) is 0. The second-order valence-corrected chi connectivity index (χ2v) is 4.80. The van der Waals surface area contributed by atoms with Gasteiger partial charge in [-0.1, -0.05) is 11.6 Å². The minimum atomic E-state index is -0.356. The first-order valence-corrected chi connectivity index (χ1v) is 6.36. The summed E-state index contributed by atoms with van der Waals surface area (Å²) in [5.41, 5.74) is 2.64. The number of aromatic amines is 1. The predicted octanol–water partition coefficient (Wildman–Crippen LogP) is 3.62. The molecule has 0 spiro atoms. The largest absolute Gasteiger partial charge is 0.386 e. The van der Waals surface area contributed by atoms with Crippen LogP contribution >= 0.6 is 11.6 Å². The average Bonchev–Trinajstić information content (AvgIpc) is 2.80. The van der Waals surface area contributed by atoms with Crippen molar-refractivity contribution in [1.82, 2.24) is 9.97 Å². The van der Waals surface area contributed by atoms with Crippen LogP contribution < -0.4 is 5.32 Å². The molecule has 6 heteroatoms. The zero-order valence-corrected chi connectivity index (χ0v) is 11.3. The van der Waals surface area contributed by atoms with Crippen LogP contribution in [-0.4, -0.2) is 17.0 Å². The van der Waals surface area contributed by atoms with Gasteiger partial charge in [0.1, 0.15) is 11.5 Å². The first-order valence-electron chi connectivity index (χ1n) is 5.98. The molecule has 3 rings (SSSR count). The lowest BCUT2D eigenvalue weighted by Crippen LogP contribution is -1.90. The van der Waals surface area contributed by atoms with Crippen LogP contribution in [0.25, 0.3) is 21.9 Å². The van der Waals surface area contributed by atoms with E-state index in [1.807, 2.05) is 0 Å². The van der Waals surface area contributed by atoms with Crippen molar-refractivity contribution >= 4 is 39.2 Å². The van der Waals surface area contributed by atoms with E-state index in [0.717, 1.165) is 5.52 Å². The molecule has 0 aliphatic rings. The third-order valence-corrected chi connectivity index (χ3v) is 3.60. The van der Waals surface area contributed by atoms with Crippen LogP contribution in [0.15, 0.2) is 18.3 Å². The predicted molar refractivity (Wildman–Crippen MR) is 77.4 cm³/mol. The molecule has 20 heavy (non-hydrogen) atoms. The van der Waals surface area contributed by atoms with Gasteiger partial charge in [0.2, 0.25) is 0 Å². The van der Waals surface area contributed by atoms with Crippen LogP contribution in [-0.2, 0) is 6.42 Å². The fourth-order valence-electron chi connectivity index (χ4n) is 2.42. The summed E-state index contributed by atoms with van der Waals surface area (Å²) in [6.07, 6.45) is 1.65. The van der Waals surface area contributed by atoms with Crippen molar-refractivity contribution in [2.24, 2.45) is 0 Å². The fourth-order valence-corrected chi connectivity index (χ4v) is 2.63. The quantitative estimate of drug-likeness (QED) is 0.757. The molecule has 0 unspecified atom stereocenters. The Morgan fingerprint density at radius 3 is 3.00 bits per heavy atom. The summed E-state index contributed by atoms with van der Waals surface area (Å²) in [4.78, 5) is 7.36. The van der Waals surface area contributed by atoms with Gasteiger partial charge in [-0.3, -0.25) is 0 Å². The molecule has 0 fully saturated rings. The van der Waals surface area contributed by atoms with Crippen LogP contribution in [0.1, 0.15) is 5.56 Å². The minimum Gasteiger partial charge on any atom is -0.386 e. The highest BCUT2D eigenvalue weighted by atomic mass is 35.5. The van der Waals surface area contributed by atoms with Gasteiger partial charge in [-0.25, -0.2) is 9.37 Å². The topological polar surface area (TPSA) is 64.5 Å². The zero-order chi connectivity index (χ0) is 14.3. The van der Waals surface area contributed by atoms with E-state index in [-0.39, 0.29) is 12.2 Å². The Morgan fingerprint density at radius 2 is 2.30 bits per heavy atom. The number of aromatic nitrogens is 2. The molecule has 0 bridgehead atoms. The summed E-state index contributed by atoms with van der Waals surface area (Å²) in [5.74, 6) is -0.356. The van der Waals surface area contributed by atoms with Crippen molar-refractivity contribution in [3.05, 3.63) is 34.7 Å². The standard InChI is InChI=1S/C14H10ClFN4/c1-18-11-5-7(16)4-9-12-8(2-3-17)10(15)6-19-14(12)20-13(9)11/h4-6,18H,2H2,1H3,(H,19,20). The van der Waals surface area contributed by atoms with E-state index in [4.69, 9.17) is 16.9 Å². The molecule has 0 atom stereocenters. The highest BCUT2D eigenvalue weighted by Gasteiger charge is 2.16. The van der Waals surface area contributed by atoms with Crippen molar-refractivity contribution in [2.45, 2.75) is 6.42 Å². The second kappa shape index (κ2) is 4.66. The monoisotopic (exact) mass is 288 g/mol. The number of halogens is 2. The molecule has 0 saturated heterocycles. The van der Waals surface area contributed by atoms with Crippen LogP contribution in [0.2, 0.25) is 5.02 Å². The lowest BCUT2D eigenvalue weighted by atomic mass is 10.1. The maximum absolute atomic E-state index is 13.7. The molecule has 2 N–H and O–H groups in total. The average molecular weight is 289 g/mol. The van der Waals surface area contributed by atoms with Gasteiger partial charge >= 0.3 is 0 Å². The molecule has 3 aromatic rings. The van der Waals surface area contributed by atoms with Crippen LogP contribution in [0.4, 0.5) is 10.1 Å². The number of benzene rings is 1. The SMILES string of the molecule is CNc1cc(F)cc2c1[nH]c1ncc(Cl)c(CC#N)c12. The van der Waals surface area contributed by atoms with Gasteiger partial charge in [0, 0.05) is 24.0 Å². The van der Waals surface area contributed by atoms with E-state index < -0.39 is 0 Å². The number of anilines is 1. The molecule has 100 valence electrons. The van der Waals surface area contributed by atoms with Crippen molar-refractivity contribution in [3.8, 4) is 6.07 Å². The molecule has 2 aromatic heterocycles. The van der Waals surface area contributed by atoms with Gasteiger partial charge in [0.25, 0.3) is 0 Å². The summed E-state index contributed by atoms with van der Waals surface area (Å²) in [6, 6.07) is 4.91. The Balaban J connectivity index is 2.52. The molecular weight excluding hydrogens is 279 g/mol. The first-order chi connectivity index (χ1) is 9.65. The minimum absolute atomic E-state index is 0.149. The Hall–Kier alpha value is -2.32. The van der Waals surface area contributed by atoms with Crippen molar-refractivity contribution in [1.29, 1.82) is 5.26 Å². The van der Waals surface area contributed by atoms with E-state index in [2.05, 4.69) is 21.4 Å². The van der Waals surface area contributed by atoms with Gasteiger partial charge in [-0.15, -0.1) is 0 Å². The van der Waals surface area contributed by atoms with Crippen LogP contribution in [0, 0.1) is 17.1 Å². The van der Waals surface area contributed by atoms with Crippen molar-refractivity contribution in [2.75, 3.05) is 12.4 Å². The number of fused-ring (bicyclic) bond motifs is 3. The number of pyridine rings is 1. The molecule has 0 aliphatic heterocycles. The highest BCUT2D eigenvalue weighted by Crippen LogP contribution is 2.35. The Morgan fingerprint density at radius 1 is 1.50 bits per heavy atom. The summed E-state index contributed by atoms with van der Waals surface area (Å²) < 4.78 is 13.7. The number of nitriles is 1. The number of H-pyrrole nitrogens is 1. The third kappa shape index (κ3) is 1.77. The number of nitrogens with one attached hydrogen (secondary N) is 2. The number of hydrogen-bond acceptors (Lipinski definition) is 3. The van der Waals surface area contributed by atoms with Gasteiger partial charge in [-0.05, 0) is 17.7 Å². The lowest BCUT2D eigenvalue weighted by Gasteiger charge is -2.03. The molecule has 0 saturated carbocycles. The lowest BCUT2D eigenvalue weighted by molar-refractivity contribution is 0.630. The fraction of sp³-hybridized carbons (Fsp3) is 0.143. The summed E-state index contributed by atoms with van der Waals surface area (Å²) >= 11 is 6.12. The van der Waals surface area contributed by atoms with E-state index in [1.54, 1.807) is 7.05 Å². The van der Waals surface area contributed by atoms with E-state index >= 15 is 0 Å². The van der Waals surface area contributed by atoms with Crippen molar-refractivity contribution in [3.63, 3.8) is 0 Å². The zero-order valence-electron chi connectivity index (χ0n) is 10.6. The van der Waals surface area contributed by atoms with Gasteiger partial charge < -0.3 is 10.3 Å². The van der Waals surface area contributed by atoms with E-state index in [1.165, 1.54) is 18.3 Å². The maximum Gasteiger partial charge on any atom is 0.138 e. The normalized spacial score (nSPS) is 10.9. The van der Waals surface area contributed by atoms with Crippen LogP contribution in [0.3, 0.4) is 0 Å². The van der Waals surface area contributed by atoms with E-state index in [0.29, 0.717) is 32.7 Å². The number of rotatable bonds is 2. The molecule has 0 radical (unpaired) electrons. The highest BCUT2D eigenvalue weighted by molar-refractivity contribution is 6.32. The smallest absolute Gasteiger partial charge is 0.138 e. The summed E-state index contributed by atoms with van der Waals surface area (Å²) in [7, 11) is 1.72. The summed E-state index contributed by atoms with van der Waals surface area (Å²) in [5, 5.41) is 13.7. The van der Waals surface area contributed by atoms with Crippen molar-refractivity contribution < 1.29 is 4.39 Å². The maximum atomic E-state index is 13.7. The molecule has 0 amide bonds. The molecule has 0 aliphatic carbocycles. The van der Waals surface area contributed by atoms with Crippen LogP contribution in [0.5, 0.6) is 0 Å². The van der Waals surface area contributed by atoms with Gasteiger partial charge in [-0.2, -0.15) is 5.26 Å². The number of nitrogens with zero attached hydrogens (tertiary/aromatic N) is 2. The molecule has 4 nitrogen and oxygen atoms in total.